The van der Waals surface area contributed by atoms with Crippen LogP contribution in [0.4, 0.5) is 11.4 Å². The molecule has 0 atom stereocenters. The minimum absolute atomic E-state index is 0.632. The molecule has 0 aliphatic carbocycles. The molecule has 0 spiro atoms. The Morgan fingerprint density at radius 2 is 1.35 bits per heavy atom. The van der Waals surface area contributed by atoms with Gasteiger partial charge in [0.25, 0.3) is 0 Å². The first-order chi connectivity index (χ1) is 11.3. The van der Waals surface area contributed by atoms with Crippen LogP contribution in [0.2, 0.25) is 0 Å². The number of hydrogen-bond acceptors (Lipinski definition) is 3. The molecule has 0 radical (unpaired) electrons. The first-order valence-electron chi connectivity index (χ1n) is 8.32. The minimum atomic E-state index is 0.632. The zero-order chi connectivity index (χ0) is 16.3. The summed E-state index contributed by atoms with van der Waals surface area (Å²) in [6.45, 7) is 2.24. The second kappa shape index (κ2) is 9.53. The van der Waals surface area contributed by atoms with Gasteiger partial charge in [0.05, 0.1) is 23.0 Å². The van der Waals surface area contributed by atoms with Crippen LogP contribution in [0.25, 0.3) is 0 Å². The molecule has 0 N–H and O–H groups in total. The van der Waals surface area contributed by atoms with Gasteiger partial charge in [-0.3, -0.25) is 0 Å². The Hall–Kier alpha value is -2.47. The zero-order valence-electron chi connectivity index (χ0n) is 13.7. The summed E-state index contributed by atoms with van der Waals surface area (Å²) in [5, 5.41) is 17.2. The third-order valence-electron chi connectivity index (χ3n) is 3.78. The number of rotatable bonds is 8. The molecule has 0 bridgehead atoms. The van der Waals surface area contributed by atoms with Crippen molar-refractivity contribution in [3.8, 4) is 6.07 Å². The van der Waals surface area contributed by atoms with Gasteiger partial charge in [0, 0.05) is 0 Å². The van der Waals surface area contributed by atoms with Gasteiger partial charge in [-0.15, -0.1) is 0 Å². The van der Waals surface area contributed by atoms with Crippen LogP contribution in [0.5, 0.6) is 0 Å². The summed E-state index contributed by atoms with van der Waals surface area (Å²) in [4.78, 5) is 0. The summed E-state index contributed by atoms with van der Waals surface area (Å²) >= 11 is 0. The van der Waals surface area contributed by atoms with Gasteiger partial charge in [0.1, 0.15) is 0 Å². The Bertz CT molecular complexity index is 649. The fraction of sp³-hybridized carbons (Fsp3) is 0.350. The number of benzene rings is 2. The van der Waals surface area contributed by atoms with Crippen molar-refractivity contribution in [3.63, 3.8) is 0 Å². The van der Waals surface area contributed by atoms with Crippen molar-refractivity contribution < 1.29 is 0 Å². The smallest absolute Gasteiger partial charge is 0.0991 e. The van der Waals surface area contributed by atoms with Crippen molar-refractivity contribution >= 4 is 11.4 Å². The average molecular weight is 305 g/mol. The molecule has 23 heavy (non-hydrogen) atoms. The Balaban J connectivity index is 1.84. The summed E-state index contributed by atoms with van der Waals surface area (Å²) in [5.41, 5.74) is 3.60. The monoisotopic (exact) mass is 305 g/mol. The van der Waals surface area contributed by atoms with Gasteiger partial charge in [-0.2, -0.15) is 15.5 Å². The van der Waals surface area contributed by atoms with E-state index in [0.717, 1.165) is 17.8 Å². The first kappa shape index (κ1) is 16.9. The molecule has 3 nitrogen and oxygen atoms in total. The molecule has 2 aromatic rings. The molecule has 0 aliphatic heterocycles. The lowest BCUT2D eigenvalue weighted by Crippen LogP contribution is -1.85. The van der Waals surface area contributed by atoms with Gasteiger partial charge in [0.15, 0.2) is 0 Å². The third kappa shape index (κ3) is 6.04. The van der Waals surface area contributed by atoms with Crippen molar-refractivity contribution in [3.05, 3.63) is 59.7 Å². The minimum Gasteiger partial charge on any atom is -0.192 e. The quantitative estimate of drug-likeness (QED) is 0.406. The second-order valence-electron chi connectivity index (χ2n) is 5.69. The van der Waals surface area contributed by atoms with Crippen LogP contribution < -0.4 is 0 Å². The molecule has 3 heteroatoms. The highest BCUT2D eigenvalue weighted by molar-refractivity contribution is 5.44. The van der Waals surface area contributed by atoms with Crippen LogP contribution in [0.15, 0.2) is 58.8 Å². The van der Waals surface area contributed by atoms with E-state index in [0.29, 0.717) is 5.56 Å². The Kier molecular flexibility index (Phi) is 7.00. The lowest BCUT2D eigenvalue weighted by molar-refractivity contribution is 0.632. The summed E-state index contributed by atoms with van der Waals surface area (Å²) in [7, 11) is 0. The van der Waals surface area contributed by atoms with Gasteiger partial charge in [-0.1, -0.05) is 44.7 Å². The third-order valence-corrected chi connectivity index (χ3v) is 3.78. The van der Waals surface area contributed by atoms with Gasteiger partial charge >= 0.3 is 0 Å². The van der Waals surface area contributed by atoms with Crippen molar-refractivity contribution in [1.29, 1.82) is 5.26 Å². The SMILES string of the molecule is CCCCCCCc1ccc(N=Nc2ccc(C#N)cc2)cc1. The van der Waals surface area contributed by atoms with Crippen LogP contribution in [-0.2, 0) is 6.42 Å². The predicted octanol–water partition coefficient (Wildman–Crippen LogP) is 6.49. The molecule has 2 rings (SSSR count). The molecule has 0 saturated carbocycles. The van der Waals surface area contributed by atoms with E-state index in [1.54, 1.807) is 24.3 Å². The summed E-state index contributed by atoms with van der Waals surface area (Å²) in [5.74, 6) is 0. The maximum Gasteiger partial charge on any atom is 0.0991 e. The summed E-state index contributed by atoms with van der Waals surface area (Å²) < 4.78 is 0. The fourth-order valence-electron chi connectivity index (χ4n) is 2.38. The number of aryl methyl sites for hydroxylation is 1. The molecular formula is C20H23N3. The van der Waals surface area contributed by atoms with Gasteiger partial charge < -0.3 is 0 Å². The fourth-order valence-corrected chi connectivity index (χ4v) is 2.38. The second-order valence-corrected chi connectivity index (χ2v) is 5.69. The van der Waals surface area contributed by atoms with Crippen molar-refractivity contribution in [2.75, 3.05) is 0 Å². The lowest BCUT2D eigenvalue weighted by Gasteiger charge is -2.02. The van der Waals surface area contributed by atoms with E-state index < -0.39 is 0 Å². The lowest BCUT2D eigenvalue weighted by atomic mass is 10.1. The highest BCUT2D eigenvalue weighted by atomic mass is 15.1. The number of nitriles is 1. The Morgan fingerprint density at radius 3 is 1.91 bits per heavy atom. The van der Waals surface area contributed by atoms with Crippen molar-refractivity contribution in [2.24, 2.45) is 10.2 Å². The summed E-state index contributed by atoms with van der Waals surface area (Å²) in [6, 6.07) is 17.5. The van der Waals surface area contributed by atoms with Crippen LogP contribution in [0.3, 0.4) is 0 Å². The van der Waals surface area contributed by atoms with E-state index in [1.165, 1.54) is 37.7 Å². The number of unbranched alkanes of at least 4 members (excludes halogenated alkanes) is 4. The first-order valence-corrected chi connectivity index (χ1v) is 8.32. The summed E-state index contributed by atoms with van der Waals surface area (Å²) in [6.07, 6.45) is 7.68. The van der Waals surface area contributed by atoms with E-state index in [4.69, 9.17) is 5.26 Å². The molecule has 118 valence electrons. The van der Waals surface area contributed by atoms with Crippen LogP contribution in [0, 0.1) is 11.3 Å². The molecule has 0 unspecified atom stereocenters. The molecular weight excluding hydrogens is 282 g/mol. The van der Waals surface area contributed by atoms with E-state index >= 15 is 0 Å². The number of hydrogen-bond donors (Lipinski definition) is 0. The molecule has 0 fully saturated rings. The van der Waals surface area contributed by atoms with Crippen LogP contribution >= 0.6 is 0 Å². The normalized spacial score (nSPS) is 10.8. The molecule has 0 aromatic heterocycles. The molecule has 0 amide bonds. The predicted molar refractivity (Wildman–Crippen MR) is 94.2 cm³/mol. The highest BCUT2D eigenvalue weighted by Gasteiger charge is 1.96. The van der Waals surface area contributed by atoms with E-state index in [1.807, 2.05) is 12.1 Å². The van der Waals surface area contributed by atoms with Crippen LogP contribution in [0.1, 0.15) is 50.2 Å². The van der Waals surface area contributed by atoms with Crippen molar-refractivity contribution in [1.82, 2.24) is 0 Å². The number of nitrogens with zero attached hydrogens (tertiary/aromatic N) is 3. The van der Waals surface area contributed by atoms with Crippen molar-refractivity contribution in [2.45, 2.75) is 45.4 Å². The topological polar surface area (TPSA) is 48.5 Å². The highest BCUT2D eigenvalue weighted by Crippen LogP contribution is 2.20. The van der Waals surface area contributed by atoms with Crippen LogP contribution in [-0.4, -0.2) is 0 Å². The maximum absolute atomic E-state index is 8.76. The largest absolute Gasteiger partial charge is 0.192 e. The average Bonchev–Trinajstić information content (AvgIpc) is 2.61. The van der Waals surface area contributed by atoms with Gasteiger partial charge in [-0.05, 0) is 54.8 Å². The van der Waals surface area contributed by atoms with E-state index in [-0.39, 0.29) is 0 Å². The zero-order valence-corrected chi connectivity index (χ0v) is 13.7. The molecule has 2 aromatic carbocycles. The van der Waals surface area contributed by atoms with Gasteiger partial charge in [0.2, 0.25) is 0 Å². The Morgan fingerprint density at radius 1 is 0.783 bits per heavy atom. The van der Waals surface area contributed by atoms with Gasteiger partial charge in [-0.25, -0.2) is 0 Å². The Labute approximate surface area is 138 Å². The maximum atomic E-state index is 8.76. The molecule has 0 heterocycles. The standard InChI is InChI=1S/C20H23N3/c1-2-3-4-5-6-7-17-8-12-19(13-9-17)22-23-20-14-10-18(16-21)11-15-20/h8-15H,2-7H2,1H3. The molecule has 0 aliphatic rings. The van der Waals surface area contributed by atoms with E-state index in [2.05, 4.69) is 35.4 Å². The van der Waals surface area contributed by atoms with E-state index in [9.17, 15) is 0 Å². The molecule has 0 saturated heterocycles. The number of azo groups is 1.